The third kappa shape index (κ3) is 4.57. The van der Waals surface area contributed by atoms with E-state index >= 15 is 0 Å². The molecule has 0 bridgehead atoms. The van der Waals surface area contributed by atoms with Crippen molar-refractivity contribution in [3.8, 4) is 11.1 Å². The summed E-state index contributed by atoms with van der Waals surface area (Å²) in [5.74, 6) is 1.01. The number of aryl methyl sites for hydroxylation is 1. The summed E-state index contributed by atoms with van der Waals surface area (Å²) in [4.78, 5) is 29.4. The fourth-order valence-corrected chi connectivity index (χ4v) is 3.74. The number of imidazole rings is 1. The number of hydrogen-bond acceptors (Lipinski definition) is 5. The zero-order valence-corrected chi connectivity index (χ0v) is 17.6. The highest BCUT2D eigenvalue weighted by molar-refractivity contribution is 6.69. The van der Waals surface area contributed by atoms with E-state index in [2.05, 4.69) is 9.72 Å². The minimum absolute atomic E-state index is 0.0286. The Kier molecular flexibility index (Phi) is 5.85. The lowest BCUT2D eigenvalue weighted by Gasteiger charge is -2.17. The van der Waals surface area contributed by atoms with E-state index in [9.17, 15) is 22.8 Å². The molecule has 0 amide bonds. The van der Waals surface area contributed by atoms with Crippen LogP contribution in [-0.2, 0) is 23.1 Å². The maximum Gasteiger partial charge on any atom is 0.522 e. The van der Waals surface area contributed by atoms with Gasteiger partial charge in [0.2, 0.25) is 0 Å². The standard InChI is InChI=1S/C21H21BF3N4O3/c1-27-11-15(10-18(20(27)31)28(2)22-12-30)14-5-6-16-17(9-14)29(7-8-32-21(23,24)25)19(26-16)13-3-4-13/h5-6,9-13H,3-4,7-8H2,1-2H3. The Balaban J connectivity index is 1.75. The lowest BCUT2D eigenvalue weighted by Crippen LogP contribution is -2.31. The number of carbonyl (C=O) groups is 1. The number of anilines is 1. The second-order valence-corrected chi connectivity index (χ2v) is 7.82. The van der Waals surface area contributed by atoms with Crippen molar-refractivity contribution < 1.29 is 22.7 Å². The number of hydrogen-bond donors (Lipinski definition) is 0. The summed E-state index contributed by atoms with van der Waals surface area (Å²) >= 11 is 0. The van der Waals surface area contributed by atoms with Crippen molar-refractivity contribution in [3.63, 3.8) is 0 Å². The van der Waals surface area contributed by atoms with Crippen molar-refractivity contribution in [2.75, 3.05) is 18.5 Å². The molecule has 1 fully saturated rings. The third-order valence-electron chi connectivity index (χ3n) is 5.46. The maximum atomic E-state index is 12.5. The van der Waals surface area contributed by atoms with Gasteiger partial charge in [0.05, 0.1) is 23.3 Å². The largest absolute Gasteiger partial charge is 0.522 e. The van der Waals surface area contributed by atoms with Crippen LogP contribution in [-0.4, -0.2) is 47.7 Å². The van der Waals surface area contributed by atoms with Gasteiger partial charge in [-0.15, -0.1) is 13.2 Å². The summed E-state index contributed by atoms with van der Waals surface area (Å²) in [5, 5.41) is 0. The highest BCUT2D eigenvalue weighted by Gasteiger charge is 2.31. The maximum absolute atomic E-state index is 12.5. The van der Waals surface area contributed by atoms with Gasteiger partial charge in [-0.3, -0.25) is 9.53 Å². The van der Waals surface area contributed by atoms with E-state index in [1.807, 2.05) is 18.2 Å². The quantitative estimate of drug-likeness (QED) is 0.394. The summed E-state index contributed by atoms with van der Waals surface area (Å²) in [6.07, 6.45) is -0.493. The summed E-state index contributed by atoms with van der Waals surface area (Å²) < 4.78 is 44.6. The van der Waals surface area contributed by atoms with Crippen molar-refractivity contribution in [3.05, 3.63) is 46.6 Å². The molecule has 0 N–H and O–H groups in total. The average Bonchev–Trinajstić information content (AvgIpc) is 3.51. The van der Waals surface area contributed by atoms with Crippen LogP contribution in [0, 0.1) is 0 Å². The molecule has 1 aliphatic rings. The van der Waals surface area contributed by atoms with Crippen LogP contribution >= 0.6 is 0 Å². The van der Waals surface area contributed by atoms with Crippen LogP contribution in [0.2, 0.25) is 0 Å². The molecule has 1 aliphatic carbocycles. The van der Waals surface area contributed by atoms with E-state index in [4.69, 9.17) is 0 Å². The molecule has 3 aromatic rings. The van der Waals surface area contributed by atoms with Gasteiger partial charge in [-0.05, 0) is 43.7 Å². The molecule has 11 heteroatoms. The van der Waals surface area contributed by atoms with Crippen molar-refractivity contribution in [2.45, 2.75) is 31.7 Å². The fraction of sp³-hybridized carbons (Fsp3) is 0.381. The number of nitrogens with zero attached hydrogens (tertiary/aromatic N) is 4. The Hall–Kier alpha value is -3.08. The molecule has 0 saturated heterocycles. The molecule has 1 aromatic carbocycles. The number of aromatic nitrogens is 3. The summed E-state index contributed by atoms with van der Waals surface area (Å²) in [6.45, 7) is -0.476. The first-order chi connectivity index (χ1) is 15.2. The van der Waals surface area contributed by atoms with Gasteiger partial charge in [-0.25, -0.2) is 4.98 Å². The average molecular weight is 445 g/mol. The van der Waals surface area contributed by atoms with E-state index < -0.39 is 13.0 Å². The van der Waals surface area contributed by atoms with E-state index in [1.54, 1.807) is 30.9 Å². The van der Waals surface area contributed by atoms with Crippen LogP contribution in [0.25, 0.3) is 22.2 Å². The Morgan fingerprint density at radius 3 is 2.69 bits per heavy atom. The fourth-order valence-electron chi connectivity index (χ4n) is 3.74. The van der Waals surface area contributed by atoms with Crippen LogP contribution < -0.4 is 10.4 Å². The SMILES string of the molecule is CN([B]C=O)c1cc(-c2ccc3nc(C4CC4)n(CCOC(F)(F)F)c3c2)cn(C)c1=O. The summed E-state index contributed by atoms with van der Waals surface area (Å²) in [7, 11) is 4.48. The summed E-state index contributed by atoms with van der Waals surface area (Å²) in [6, 6.07) is 7.22. The number of ether oxygens (including phenoxy) is 1. The van der Waals surface area contributed by atoms with E-state index in [0.29, 0.717) is 22.9 Å². The molecule has 2 heterocycles. The Morgan fingerprint density at radius 1 is 1.28 bits per heavy atom. The molecular formula is C21H21BF3N4O3. The van der Waals surface area contributed by atoms with Gasteiger partial charge in [-0.2, -0.15) is 0 Å². The molecule has 0 spiro atoms. The van der Waals surface area contributed by atoms with Gasteiger partial charge in [0.25, 0.3) is 5.56 Å². The molecule has 32 heavy (non-hydrogen) atoms. The zero-order chi connectivity index (χ0) is 23.0. The minimum atomic E-state index is -4.68. The number of halogens is 3. The molecule has 0 aliphatic heterocycles. The van der Waals surface area contributed by atoms with Crippen molar-refractivity contribution >= 4 is 30.3 Å². The molecule has 0 atom stereocenters. The monoisotopic (exact) mass is 445 g/mol. The molecule has 7 nitrogen and oxygen atoms in total. The minimum Gasteiger partial charge on any atom is -0.411 e. The van der Waals surface area contributed by atoms with Gasteiger partial charge < -0.3 is 18.7 Å². The first-order valence-corrected chi connectivity index (χ1v) is 10.1. The van der Waals surface area contributed by atoms with Crippen LogP contribution in [0.4, 0.5) is 18.9 Å². The number of pyridine rings is 1. The predicted octanol–water partition coefficient (Wildman–Crippen LogP) is 3.06. The van der Waals surface area contributed by atoms with E-state index in [0.717, 1.165) is 29.8 Å². The number of carbonyl (C=O) groups excluding carboxylic acids is 1. The van der Waals surface area contributed by atoms with E-state index in [1.165, 1.54) is 16.8 Å². The molecule has 2 aromatic heterocycles. The highest BCUT2D eigenvalue weighted by atomic mass is 19.4. The third-order valence-corrected chi connectivity index (χ3v) is 5.46. The lowest BCUT2D eigenvalue weighted by atomic mass is 9.94. The van der Waals surface area contributed by atoms with Crippen molar-refractivity contribution in [1.29, 1.82) is 0 Å². The second kappa shape index (κ2) is 8.46. The van der Waals surface area contributed by atoms with Gasteiger partial charge in [0.1, 0.15) is 12.0 Å². The highest BCUT2D eigenvalue weighted by Crippen LogP contribution is 2.41. The van der Waals surface area contributed by atoms with Crippen molar-refractivity contribution in [2.24, 2.45) is 7.05 Å². The van der Waals surface area contributed by atoms with Crippen LogP contribution in [0.5, 0.6) is 0 Å². The van der Waals surface area contributed by atoms with Gasteiger partial charge >= 0.3 is 13.8 Å². The smallest absolute Gasteiger partial charge is 0.411 e. The van der Waals surface area contributed by atoms with Gasteiger partial charge in [0.15, 0.2) is 0 Å². The Labute approximate surface area is 182 Å². The predicted molar refractivity (Wildman–Crippen MR) is 115 cm³/mol. The number of benzene rings is 1. The first kappa shape index (κ1) is 22.1. The molecule has 1 radical (unpaired) electrons. The molecule has 4 rings (SSSR count). The lowest BCUT2D eigenvalue weighted by molar-refractivity contribution is -0.325. The normalized spacial score (nSPS) is 14.0. The van der Waals surface area contributed by atoms with E-state index in [-0.39, 0.29) is 18.0 Å². The van der Waals surface area contributed by atoms with Gasteiger partial charge in [-0.1, -0.05) is 6.07 Å². The summed E-state index contributed by atoms with van der Waals surface area (Å²) in [5.41, 5.74) is 2.96. The van der Waals surface area contributed by atoms with Crippen LogP contribution in [0.1, 0.15) is 24.6 Å². The number of rotatable bonds is 8. The molecule has 1 saturated carbocycles. The topological polar surface area (TPSA) is 69.4 Å². The van der Waals surface area contributed by atoms with Gasteiger partial charge in [0, 0.05) is 31.3 Å². The van der Waals surface area contributed by atoms with Crippen LogP contribution in [0.15, 0.2) is 35.3 Å². The zero-order valence-electron chi connectivity index (χ0n) is 17.6. The first-order valence-electron chi connectivity index (χ1n) is 10.1. The number of fused-ring (bicyclic) bond motifs is 1. The Morgan fingerprint density at radius 2 is 2.03 bits per heavy atom. The number of alkyl halides is 3. The van der Waals surface area contributed by atoms with Crippen LogP contribution in [0.3, 0.4) is 0 Å². The van der Waals surface area contributed by atoms with Crippen molar-refractivity contribution in [1.82, 2.24) is 14.1 Å². The second-order valence-electron chi connectivity index (χ2n) is 7.82. The molecular weight excluding hydrogens is 424 g/mol. The molecule has 167 valence electrons. The molecule has 0 unspecified atom stereocenters. The Bertz CT molecular complexity index is 1220.